The molecule has 2 rings (SSSR count). The highest BCUT2D eigenvalue weighted by Crippen LogP contribution is 2.11. The van der Waals surface area contributed by atoms with Crippen molar-refractivity contribution < 1.29 is 0 Å². The lowest BCUT2D eigenvalue weighted by Gasteiger charge is -2.17. The Morgan fingerprint density at radius 3 is 2.89 bits per heavy atom. The van der Waals surface area contributed by atoms with Crippen LogP contribution in [0.15, 0.2) is 36.0 Å². The third kappa shape index (κ3) is 5.09. The second kappa shape index (κ2) is 8.02. The molecule has 1 unspecified atom stereocenters. The van der Waals surface area contributed by atoms with E-state index in [9.17, 15) is 0 Å². The van der Waals surface area contributed by atoms with Crippen LogP contribution in [0, 0.1) is 0 Å². The standard InChI is InChI=1S/C15H21N3S/c1-2-8-16-14(12-15-18-10-11-19-15)7-6-13-5-3-4-9-17-13/h3-5,9-11,14,16H,2,6-8,12H2,1H3. The van der Waals surface area contributed by atoms with Gasteiger partial charge in [0.1, 0.15) is 0 Å². The molecule has 2 aromatic heterocycles. The van der Waals surface area contributed by atoms with Gasteiger partial charge in [0.25, 0.3) is 0 Å². The number of hydrogen-bond donors (Lipinski definition) is 1. The van der Waals surface area contributed by atoms with E-state index < -0.39 is 0 Å². The van der Waals surface area contributed by atoms with Crippen LogP contribution in [0.2, 0.25) is 0 Å². The van der Waals surface area contributed by atoms with E-state index in [0.717, 1.165) is 32.2 Å². The molecule has 0 amide bonds. The van der Waals surface area contributed by atoms with Crippen molar-refractivity contribution >= 4 is 11.3 Å². The van der Waals surface area contributed by atoms with Crippen molar-refractivity contribution in [1.29, 1.82) is 0 Å². The first-order chi connectivity index (χ1) is 9.38. The Balaban J connectivity index is 1.86. The second-order valence-corrected chi connectivity index (χ2v) is 5.62. The van der Waals surface area contributed by atoms with Crippen molar-refractivity contribution in [3.8, 4) is 0 Å². The maximum absolute atomic E-state index is 4.39. The smallest absolute Gasteiger partial charge is 0.0940 e. The van der Waals surface area contributed by atoms with Crippen molar-refractivity contribution in [2.45, 2.75) is 38.6 Å². The van der Waals surface area contributed by atoms with Crippen LogP contribution in [0.3, 0.4) is 0 Å². The van der Waals surface area contributed by atoms with Gasteiger partial charge in [-0.25, -0.2) is 4.98 Å². The van der Waals surface area contributed by atoms with Crippen molar-refractivity contribution in [2.75, 3.05) is 6.54 Å². The average molecular weight is 275 g/mol. The molecule has 0 saturated heterocycles. The van der Waals surface area contributed by atoms with Gasteiger partial charge in [-0.05, 0) is 37.9 Å². The predicted molar refractivity (Wildman–Crippen MR) is 80.5 cm³/mol. The lowest BCUT2D eigenvalue weighted by Crippen LogP contribution is -2.32. The van der Waals surface area contributed by atoms with E-state index in [1.165, 1.54) is 10.7 Å². The third-order valence-electron chi connectivity index (χ3n) is 3.06. The zero-order valence-corrected chi connectivity index (χ0v) is 12.2. The van der Waals surface area contributed by atoms with E-state index in [1.54, 1.807) is 11.3 Å². The molecular formula is C15H21N3S. The predicted octanol–water partition coefficient (Wildman–Crippen LogP) is 3.08. The summed E-state index contributed by atoms with van der Waals surface area (Å²) in [6, 6.07) is 6.61. The number of nitrogens with zero attached hydrogens (tertiary/aromatic N) is 2. The van der Waals surface area contributed by atoms with Crippen LogP contribution in [-0.4, -0.2) is 22.6 Å². The van der Waals surface area contributed by atoms with E-state index in [4.69, 9.17) is 0 Å². The maximum Gasteiger partial charge on any atom is 0.0940 e. The van der Waals surface area contributed by atoms with Crippen LogP contribution >= 0.6 is 11.3 Å². The summed E-state index contributed by atoms with van der Waals surface area (Å²) in [6.45, 7) is 3.27. The Morgan fingerprint density at radius 1 is 1.26 bits per heavy atom. The molecule has 0 aliphatic heterocycles. The number of hydrogen-bond acceptors (Lipinski definition) is 4. The molecular weight excluding hydrogens is 254 g/mol. The van der Waals surface area contributed by atoms with Gasteiger partial charge in [-0.2, -0.15) is 0 Å². The summed E-state index contributed by atoms with van der Waals surface area (Å²) >= 11 is 1.74. The normalized spacial score (nSPS) is 12.5. The molecule has 0 radical (unpaired) electrons. The zero-order valence-electron chi connectivity index (χ0n) is 11.4. The molecule has 0 aliphatic rings. The summed E-state index contributed by atoms with van der Waals surface area (Å²) in [5.74, 6) is 0. The first-order valence-corrected chi connectivity index (χ1v) is 7.78. The van der Waals surface area contributed by atoms with Crippen molar-refractivity contribution in [2.24, 2.45) is 0 Å². The largest absolute Gasteiger partial charge is 0.314 e. The minimum atomic E-state index is 0.494. The summed E-state index contributed by atoms with van der Waals surface area (Å²) in [5, 5.41) is 6.88. The topological polar surface area (TPSA) is 37.8 Å². The van der Waals surface area contributed by atoms with E-state index in [-0.39, 0.29) is 0 Å². The van der Waals surface area contributed by atoms with Crippen LogP contribution in [0.5, 0.6) is 0 Å². The zero-order chi connectivity index (χ0) is 13.3. The van der Waals surface area contributed by atoms with Gasteiger partial charge in [-0.15, -0.1) is 11.3 Å². The van der Waals surface area contributed by atoms with Gasteiger partial charge in [0, 0.05) is 35.9 Å². The lowest BCUT2D eigenvalue weighted by atomic mass is 10.1. The van der Waals surface area contributed by atoms with Crippen LogP contribution in [-0.2, 0) is 12.8 Å². The number of nitrogens with one attached hydrogen (secondary N) is 1. The maximum atomic E-state index is 4.39. The van der Waals surface area contributed by atoms with Crippen LogP contribution in [0.4, 0.5) is 0 Å². The summed E-state index contributed by atoms with van der Waals surface area (Å²) in [5.41, 5.74) is 1.17. The van der Waals surface area contributed by atoms with Gasteiger partial charge in [-0.3, -0.25) is 4.98 Å². The molecule has 102 valence electrons. The number of aromatic nitrogens is 2. The number of aryl methyl sites for hydroxylation is 1. The van der Waals surface area contributed by atoms with Gasteiger partial charge in [0.15, 0.2) is 0 Å². The molecule has 0 aliphatic carbocycles. The lowest BCUT2D eigenvalue weighted by molar-refractivity contribution is 0.475. The first kappa shape index (κ1) is 14.2. The molecule has 3 nitrogen and oxygen atoms in total. The summed E-state index contributed by atoms with van der Waals surface area (Å²) < 4.78 is 0. The molecule has 1 atom stereocenters. The highest BCUT2D eigenvalue weighted by Gasteiger charge is 2.11. The van der Waals surface area contributed by atoms with Gasteiger partial charge in [0.05, 0.1) is 5.01 Å². The number of thiazole rings is 1. The van der Waals surface area contributed by atoms with Gasteiger partial charge >= 0.3 is 0 Å². The molecule has 1 N–H and O–H groups in total. The molecule has 0 fully saturated rings. The van der Waals surface area contributed by atoms with E-state index in [0.29, 0.717) is 6.04 Å². The highest BCUT2D eigenvalue weighted by molar-refractivity contribution is 7.09. The molecule has 2 heterocycles. The Kier molecular flexibility index (Phi) is 5.98. The Bertz CT molecular complexity index is 442. The number of pyridine rings is 1. The van der Waals surface area contributed by atoms with Crippen LogP contribution in [0.25, 0.3) is 0 Å². The van der Waals surface area contributed by atoms with Crippen LogP contribution < -0.4 is 5.32 Å². The minimum absolute atomic E-state index is 0.494. The highest BCUT2D eigenvalue weighted by atomic mass is 32.1. The van der Waals surface area contributed by atoms with E-state index >= 15 is 0 Å². The van der Waals surface area contributed by atoms with Crippen molar-refractivity contribution in [1.82, 2.24) is 15.3 Å². The molecule has 0 saturated carbocycles. The van der Waals surface area contributed by atoms with Gasteiger partial charge < -0.3 is 5.32 Å². The number of rotatable bonds is 8. The summed E-state index contributed by atoms with van der Waals surface area (Å²) in [6.07, 6.45) is 8.06. The average Bonchev–Trinajstić information content (AvgIpc) is 2.96. The van der Waals surface area contributed by atoms with E-state index in [1.807, 2.05) is 23.8 Å². The summed E-state index contributed by atoms with van der Waals surface area (Å²) in [7, 11) is 0. The SMILES string of the molecule is CCCNC(CCc1ccccn1)Cc1nccs1. The minimum Gasteiger partial charge on any atom is -0.314 e. The molecule has 0 aromatic carbocycles. The van der Waals surface area contributed by atoms with E-state index in [2.05, 4.69) is 34.3 Å². The monoisotopic (exact) mass is 275 g/mol. The fourth-order valence-corrected chi connectivity index (χ4v) is 2.76. The molecule has 4 heteroatoms. The molecule has 0 spiro atoms. The molecule has 2 aromatic rings. The fraction of sp³-hybridized carbons (Fsp3) is 0.467. The Hall–Kier alpha value is -1.26. The Labute approximate surface area is 119 Å². The third-order valence-corrected chi connectivity index (χ3v) is 3.86. The fourth-order valence-electron chi connectivity index (χ4n) is 2.06. The van der Waals surface area contributed by atoms with Crippen molar-refractivity contribution in [3.05, 3.63) is 46.7 Å². The Morgan fingerprint density at radius 2 is 2.21 bits per heavy atom. The van der Waals surface area contributed by atoms with Gasteiger partial charge in [-0.1, -0.05) is 13.0 Å². The quantitative estimate of drug-likeness (QED) is 0.804. The van der Waals surface area contributed by atoms with Crippen LogP contribution in [0.1, 0.15) is 30.5 Å². The molecule has 0 bridgehead atoms. The van der Waals surface area contributed by atoms with Gasteiger partial charge in [0.2, 0.25) is 0 Å². The first-order valence-electron chi connectivity index (χ1n) is 6.90. The second-order valence-electron chi connectivity index (χ2n) is 4.64. The summed E-state index contributed by atoms with van der Waals surface area (Å²) in [4.78, 5) is 8.77. The van der Waals surface area contributed by atoms with Crippen molar-refractivity contribution in [3.63, 3.8) is 0 Å². The molecule has 19 heavy (non-hydrogen) atoms.